The molecule has 2 N–H and O–H groups in total. The predicted molar refractivity (Wildman–Crippen MR) is 210 cm³/mol. The van der Waals surface area contributed by atoms with Gasteiger partial charge >= 0.3 is 0 Å². The zero-order valence-corrected chi connectivity index (χ0v) is 31.8. The average Bonchev–Trinajstić information content (AvgIpc) is 3.82. The zero-order chi connectivity index (χ0) is 35.4. The second-order valence-electron chi connectivity index (χ2n) is 11.5. The minimum atomic E-state index is -0.453. The maximum atomic E-state index is 13.4. The topological polar surface area (TPSA) is 125 Å². The number of hydrogen-bond acceptors (Lipinski definition) is 12. The van der Waals surface area contributed by atoms with E-state index < -0.39 is 11.8 Å². The fourth-order valence-electron chi connectivity index (χ4n) is 5.19. The Labute approximate surface area is 316 Å². The van der Waals surface area contributed by atoms with E-state index in [1.54, 1.807) is 12.4 Å². The Morgan fingerprint density at radius 1 is 0.700 bits per heavy atom. The molecule has 256 valence electrons. The molecule has 2 aliphatic rings. The summed E-state index contributed by atoms with van der Waals surface area (Å²) in [4.78, 5) is 65.8. The van der Waals surface area contributed by atoms with Crippen molar-refractivity contribution >= 4 is 113 Å². The van der Waals surface area contributed by atoms with Gasteiger partial charge in [-0.15, -0.1) is 22.7 Å². The van der Waals surface area contributed by atoms with E-state index in [1.807, 2.05) is 38.1 Å². The number of thioether (sulfide) groups is 2. The number of carbonyl (C=O) groups excluding carboxylic acids is 4. The lowest BCUT2D eigenvalue weighted by molar-refractivity contribution is -0.125. The van der Waals surface area contributed by atoms with E-state index in [2.05, 4.69) is 44.9 Å². The summed E-state index contributed by atoms with van der Waals surface area (Å²) in [7, 11) is 0. The summed E-state index contributed by atoms with van der Waals surface area (Å²) in [6.07, 6.45) is 4.92. The van der Waals surface area contributed by atoms with Crippen LogP contribution in [0.3, 0.4) is 0 Å². The summed E-state index contributed by atoms with van der Waals surface area (Å²) in [5.74, 6) is -1.52. The molecule has 0 unspecified atom stereocenters. The Bertz CT molecular complexity index is 1910. The van der Waals surface area contributed by atoms with Gasteiger partial charge in [0.2, 0.25) is 11.8 Å². The van der Waals surface area contributed by atoms with Gasteiger partial charge in [0.05, 0.1) is 9.81 Å². The van der Waals surface area contributed by atoms with Gasteiger partial charge in [-0.1, -0.05) is 108 Å². The van der Waals surface area contributed by atoms with Gasteiger partial charge in [0.25, 0.3) is 11.8 Å². The molecule has 4 aromatic rings. The smallest absolute Gasteiger partial charge is 0.267 e. The normalized spacial score (nSPS) is 16.1. The largest absolute Gasteiger partial charge is 0.302 e. The molecule has 0 saturated carbocycles. The monoisotopic (exact) mass is 778 g/mol. The summed E-state index contributed by atoms with van der Waals surface area (Å²) in [6.45, 7) is 4.18. The molecule has 4 amide bonds. The number of aromatic nitrogens is 2. The zero-order valence-electron chi connectivity index (χ0n) is 26.9. The van der Waals surface area contributed by atoms with Gasteiger partial charge in [-0.3, -0.25) is 29.0 Å². The standard InChI is InChI=1S/C34H30N6O4S6/c1-19-5-3-7-21(13-19)15-23-17-35-31(47-23)37-25(41)9-11-39-29(43)27(49-33(39)45)28-30(44)40(34(46)50-28)12-10-26(42)38-32-36-18-24(48-32)16-22-8-4-6-20(2)14-22/h3-8,13-14,17-18H,9-12,15-16H2,1-2H3,(H,35,37,41)(H,36,38,42)/b28-27+. The molecule has 2 fully saturated rings. The number of aryl methyl sites for hydroxylation is 2. The van der Waals surface area contributed by atoms with Crippen molar-refractivity contribution in [1.29, 1.82) is 0 Å². The molecule has 2 aromatic carbocycles. The SMILES string of the molecule is Cc1cccc(Cc2cnc(NC(=O)CCN3C(=O)/C(=C4\SC(=S)N(CCC(=O)Nc5ncc(Cc6cccc(C)c6)s5)C4=O)SC3=S)s2)c1. The van der Waals surface area contributed by atoms with Gasteiger partial charge < -0.3 is 10.6 Å². The summed E-state index contributed by atoms with van der Waals surface area (Å²) in [5.41, 5.74) is 4.69. The van der Waals surface area contributed by atoms with Crippen molar-refractivity contribution in [3.8, 4) is 0 Å². The highest BCUT2D eigenvalue weighted by Gasteiger charge is 2.42. The van der Waals surface area contributed by atoms with Crippen LogP contribution in [-0.2, 0) is 32.0 Å². The minimum Gasteiger partial charge on any atom is -0.302 e. The third kappa shape index (κ3) is 8.91. The van der Waals surface area contributed by atoms with Crippen LogP contribution in [0.5, 0.6) is 0 Å². The summed E-state index contributed by atoms with van der Waals surface area (Å²) in [5, 5.41) is 6.56. The van der Waals surface area contributed by atoms with Crippen LogP contribution in [0.15, 0.2) is 70.7 Å². The van der Waals surface area contributed by atoms with Crippen LogP contribution in [0.2, 0.25) is 0 Å². The molecule has 2 saturated heterocycles. The first-order valence-corrected chi connectivity index (χ1v) is 19.5. The van der Waals surface area contributed by atoms with E-state index in [-0.39, 0.29) is 56.2 Å². The van der Waals surface area contributed by atoms with E-state index in [0.717, 1.165) is 33.3 Å². The molecular weight excluding hydrogens is 749 g/mol. The van der Waals surface area contributed by atoms with Crippen molar-refractivity contribution in [2.45, 2.75) is 39.5 Å². The highest BCUT2D eigenvalue weighted by Crippen LogP contribution is 2.42. The van der Waals surface area contributed by atoms with Crippen molar-refractivity contribution in [3.63, 3.8) is 0 Å². The number of nitrogens with one attached hydrogen (secondary N) is 2. The maximum absolute atomic E-state index is 13.4. The summed E-state index contributed by atoms with van der Waals surface area (Å²) >= 11 is 15.7. The van der Waals surface area contributed by atoms with Crippen molar-refractivity contribution in [3.05, 3.63) is 103 Å². The molecule has 16 heteroatoms. The minimum absolute atomic E-state index is 0.00486. The number of hydrogen-bond donors (Lipinski definition) is 2. The van der Waals surface area contributed by atoms with Crippen molar-refractivity contribution < 1.29 is 19.2 Å². The summed E-state index contributed by atoms with van der Waals surface area (Å²) < 4.78 is 0.504. The number of amides is 4. The lowest BCUT2D eigenvalue weighted by Gasteiger charge is -2.14. The van der Waals surface area contributed by atoms with Crippen LogP contribution >= 0.6 is 70.6 Å². The van der Waals surface area contributed by atoms with Gasteiger partial charge in [-0.2, -0.15) is 0 Å². The number of rotatable bonds is 12. The molecule has 4 heterocycles. The van der Waals surface area contributed by atoms with Gasteiger partial charge in [0.15, 0.2) is 10.3 Å². The van der Waals surface area contributed by atoms with Crippen LogP contribution < -0.4 is 10.6 Å². The number of carbonyl (C=O) groups is 4. The number of benzene rings is 2. The van der Waals surface area contributed by atoms with E-state index in [9.17, 15) is 19.2 Å². The van der Waals surface area contributed by atoms with Crippen LogP contribution in [0.1, 0.15) is 44.8 Å². The first kappa shape index (κ1) is 36.0. The van der Waals surface area contributed by atoms with Crippen LogP contribution in [-0.4, -0.2) is 65.1 Å². The van der Waals surface area contributed by atoms with Gasteiger partial charge in [-0.05, 0) is 25.0 Å². The Morgan fingerprint density at radius 3 is 1.52 bits per heavy atom. The third-order valence-electron chi connectivity index (χ3n) is 7.55. The van der Waals surface area contributed by atoms with Crippen molar-refractivity contribution in [2.75, 3.05) is 23.7 Å². The predicted octanol–water partition coefficient (Wildman–Crippen LogP) is 6.69. The van der Waals surface area contributed by atoms with Gasteiger partial charge in [-0.25, -0.2) is 9.97 Å². The first-order valence-electron chi connectivity index (χ1n) is 15.4. The number of anilines is 2. The van der Waals surface area contributed by atoms with Gasteiger partial charge in [0, 0.05) is 60.9 Å². The molecule has 0 bridgehead atoms. The fraction of sp³-hybridized carbons (Fsp3) is 0.235. The number of thiocarbonyl (C=S) groups is 2. The highest BCUT2D eigenvalue weighted by molar-refractivity contribution is 8.29. The van der Waals surface area contributed by atoms with E-state index in [0.29, 0.717) is 23.1 Å². The summed E-state index contributed by atoms with van der Waals surface area (Å²) in [6, 6.07) is 16.4. The highest BCUT2D eigenvalue weighted by atomic mass is 32.2. The van der Waals surface area contributed by atoms with Crippen LogP contribution in [0.25, 0.3) is 0 Å². The Balaban J connectivity index is 0.983. The molecule has 0 radical (unpaired) electrons. The second-order valence-corrected chi connectivity index (χ2v) is 17.0. The maximum Gasteiger partial charge on any atom is 0.267 e. The second kappa shape index (κ2) is 16.0. The van der Waals surface area contributed by atoms with Gasteiger partial charge in [0.1, 0.15) is 8.64 Å². The Hall–Kier alpha value is -3.80. The first-order chi connectivity index (χ1) is 24.0. The number of nitrogens with zero attached hydrogens (tertiary/aromatic N) is 4. The quantitative estimate of drug-likeness (QED) is 0.119. The lowest BCUT2D eigenvalue weighted by atomic mass is 10.1. The van der Waals surface area contributed by atoms with Crippen LogP contribution in [0, 0.1) is 13.8 Å². The van der Waals surface area contributed by atoms with Crippen LogP contribution in [0.4, 0.5) is 10.3 Å². The molecule has 6 rings (SSSR count). The molecule has 0 spiro atoms. The third-order valence-corrected chi connectivity index (χ3v) is 12.4. The molecule has 10 nitrogen and oxygen atoms in total. The van der Waals surface area contributed by atoms with Crippen molar-refractivity contribution in [2.24, 2.45) is 0 Å². The Kier molecular flexibility index (Phi) is 11.6. The lowest BCUT2D eigenvalue weighted by Crippen LogP contribution is -2.33. The molecular formula is C34H30N6O4S6. The molecule has 2 aromatic heterocycles. The van der Waals surface area contributed by atoms with E-state index >= 15 is 0 Å². The molecule has 2 aliphatic heterocycles. The molecule has 50 heavy (non-hydrogen) atoms. The van der Waals surface area contributed by atoms with E-state index in [1.165, 1.54) is 54.7 Å². The van der Waals surface area contributed by atoms with E-state index in [4.69, 9.17) is 24.4 Å². The average molecular weight is 779 g/mol. The molecule has 0 aliphatic carbocycles. The fourth-order valence-corrected chi connectivity index (χ4v) is 9.68. The number of thiazole rings is 2. The molecule has 0 atom stereocenters. The Morgan fingerprint density at radius 2 is 1.12 bits per heavy atom. The van der Waals surface area contributed by atoms with Crippen molar-refractivity contribution in [1.82, 2.24) is 19.8 Å².